The summed E-state index contributed by atoms with van der Waals surface area (Å²) < 4.78 is 0. The number of carboxylic acid groups (broad SMARTS) is 2. The highest BCUT2D eigenvalue weighted by molar-refractivity contribution is 5.94. The summed E-state index contributed by atoms with van der Waals surface area (Å²) in [6, 6.07) is -4.62. The molecule has 4 atom stereocenters. The number of carbonyl (C=O) groups is 5. The van der Waals surface area contributed by atoms with Gasteiger partial charge in [0.15, 0.2) is 0 Å². The van der Waals surface area contributed by atoms with Gasteiger partial charge in [0.25, 0.3) is 0 Å². The van der Waals surface area contributed by atoms with Gasteiger partial charge in [-0.2, -0.15) is 0 Å². The summed E-state index contributed by atoms with van der Waals surface area (Å²) in [5, 5.41) is 25.3. The summed E-state index contributed by atoms with van der Waals surface area (Å²) in [5.74, 6) is -5.37. The van der Waals surface area contributed by atoms with Crippen LogP contribution in [0.2, 0.25) is 0 Å². The smallest absolute Gasteiger partial charge is 0.326 e. The quantitative estimate of drug-likeness (QED) is 0.101. The molecule has 3 amide bonds. The number of rotatable bonds is 18. The van der Waals surface area contributed by atoms with Gasteiger partial charge in [-0.15, -0.1) is 0 Å². The molecule has 0 saturated heterocycles. The Hall–Kier alpha value is -2.77. The first-order valence-electron chi connectivity index (χ1n) is 11.5. The second-order valence-electron chi connectivity index (χ2n) is 8.46. The average molecular weight is 489 g/mol. The fourth-order valence-electron chi connectivity index (χ4n) is 3.11. The summed E-state index contributed by atoms with van der Waals surface area (Å²) in [6.07, 6.45) is 2.36. The molecule has 11 N–H and O–H groups in total. The molecule has 0 heterocycles. The Morgan fingerprint density at radius 3 is 1.74 bits per heavy atom. The normalized spacial score (nSPS) is 14.5. The molecule has 0 aromatic carbocycles. The van der Waals surface area contributed by atoms with E-state index in [0.717, 1.165) is 0 Å². The van der Waals surface area contributed by atoms with Crippen molar-refractivity contribution in [2.75, 3.05) is 13.1 Å². The van der Waals surface area contributed by atoms with Crippen molar-refractivity contribution < 1.29 is 34.2 Å². The van der Waals surface area contributed by atoms with Crippen LogP contribution in [-0.4, -0.2) is 77.1 Å². The number of aliphatic carboxylic acids is 2. The maximum absolute atomic E-state index is 13.0. The van der Waals surface area contributed by atoms with Gasteiger partial charge in [-0.3, -0.25) is 19.2 Å². The molecular weight excluding hydrogens is 448 g/mol. The van der Waals surface area contributed by atoms with Crippen LogP contribution in [0.5, 0.6) is 0 Å². The maximum Gasteiger partial charge on any atom is 0.326 e. The van der Waals surface area contributed by atoms with Crippen molar-refractivity contribution in [3.05, 3.63) is 0 Å². The van der Waals surface area contributed by atoms with E-state index in [1.54, 1.807) is 13.8 Å². The first kappa shape index (κ1) is 31.2. The van der Waals surface area contributed by atoms with E-state index in [2.05, 4.69) is 16.0 Å². The third-order valence-corrected chi connectivity index (χ3v) is 5.13. The number of hydrogen-bond acceptors (Lipinski definition) is 8. The number of carbonyl (C=O) groups excluding carboxylic acids is 3. The van der Waals surface area contributed by atoms with Crippen LogP contribution in [-0.2, 0) is 24.0 Å². The van der Waals surface area contributed by atoms with Crippen molar-refractivity contribution in [1.29, 1.82) is 0 Å². The molecule has 0 aliphatic rings. The zero-order chi connectivity index (χ0) is 26.3. The van der Waals surface area contributed by atoms with Crippen LogP contribution in [0.15, 0.2) is 0 Å². The van der Waals surface area contributed by atoms with Crippen LogP contribution < -0.4 is 33.2 Å². The van der Waals surface area contributed by atoms with Gasteiger partial charge in [0.05, 0.1) is 12.5 Å². The third-order valence-electron chi connectivity index (χ3n) is 5.13. The molecule has 0 saturated carbocycles. The Kier molecular flexibility index (Phi) is 15.4. The molecule has 0 aromatic rings. The SMILES string of the molecule is CC(C)C(NC(=O)C(CCCCN)NC(=O)C(N)CCCCN)C(=O)NC(CC(=O)O)C(=O)O. The lowest BCUT2D eigenvalue weighted by atomic mass is 10.0. The van der Waals surface area contributed by atoms with Gasteiger partial charge in [0.2, 0.25) is 17.7 Å². The summed E-state index contributed by atoms with van der Waals surface area (Å²) in [7, 11) is 0. The number of carboxylic acids is 2. The summed E-state index contributed by atoms with van der Waals surface area (Å²) in [4.78, 5) is 60.3. The molecule has 196 valence electrons. The number of unbranched alkanes of at least 4 members (excludes halogenated alkanes) is 2. The van der Waals surface area contributed by atoms with E-state index in [-0.39, 0.29) is 6.42 Å². The van der Waals surface area contributed by atoms with Gasteiger partial charge in [-0.05, 0) is 51.1 Å². The van der Waals surface area contributed by atoms with E-state index in [1.165, 1.54) is 0 Å². The van der Waals surface area contributed by atoms with E-state index in [4.69, 9.17) is 27.4 Å². The van der Waals surface area contributed by atoms with E-state index in [0.29, 0.717) is 45.2 Å². The molecular formula is C21H40N6O7. The highest BCUT2D eigenvalue weighted by Crippen LogP contribution is 2.08. The number of nitrogens with one attached hydrogen (secondary N) is 3. The van der Waals surface area contributed by atoms with Crippen LogP contribution in [0.25, 0.3) is 0 Å². The van der Waals surface area contributed by atoms with E-state index in [9.17, 15) is 24.0 Å². The van der Waals surface area contributed by atoms with Gasteiger partial charge >= 0.3 is 11.9 Å². The van der Waals surface area contributed by atoms with Gasteiger partial charge in [0.1, 0.15) is 18.1 Å². The van der Waals surface area contributed by atoms with Crippen LogP contribution >= 0.6 is 0 Å². The molecule has 0 bridgehead atoms. The minimum Gasteiger partial charge on any atom is -0.481 e. The van der Waals surface area contributed by atoms with Gasteiger partial charge in [-0.25, -0.2) is 4.79 Å². The second-order valence-corrected chi connectivity index (χ2v) is 8.46. The predicted molar refractivity (Wildman–Crippen MR) is 124 cm³/mol. The molecule has 34 heavy (non-hydrogen) atoms. The van der Waals surface area contributed by atoms with Gasteiger partial charge < -0.3 is 43.4 Å². The van der Waals surface area contributed by atoms with Crippen molar-refractivity contribution in [2.45, 2.75) is 83.0 Å². The Morgan fingerprint density at radius 2 is 1.26 bits per heavy atom. The van der Waals surface area contributed by atoms with Crippen molar-refractivity contribution in [2.24, 2.45) is 23.1 Å². The summed E-state index contributed by atoms with van der Waals surface area (Å²) >= 11 is 0. The van der Waals surface area contributed by atoms with E-state index < -0.39 is 66.2 Å². The number of nitrogens with two attached hydrogens (primary N) is 3. The molecule has 0 aromatic heterocycles. The molecule has 0 spiro atoms. The highest BCUT2D eigenvalue weighted by atomic mass is 16.4. The average Bonchev–Trinajstić information content (AvgIpc) is 2.75. The first-order chi connectivity index (χ1) is 15.9. The molecule has 4 unspecified atom stereocenters. The van der Waals surface area contributed by atoms with Crippen LogP contribution in [0, 0.1) is 5.92 Å². The zero-order valence-corrected chi connectivity index (χ0v) is 19.9. The third kappa shape index (κ3) is 12.5. The minimum absolute atomic E-state index is 0.257. The summed E-state index contributed by atoms with van der Waals surface area (Å²) in [5.41, 5.74) is 16.9. The lowest BCUT2D eigenvalue weighted by molar-refractivity contribution is -0.147. The summed E-state index contributed by atoms with van der Waals surface area (Å²) in [6.45, 7) is 4.14. The number of amides is 3. The van der Waals surface area contributed by atoms with Crippen molar-refractivity contribution in [3.63, 3.8) is 0 Å². The predicted octanol–water partition coefficient (Wildman–Crippen LogP) is -1.76. The van der Waals surface area contributed by atoms with Gasteiger partial charge in [0, 0.05) is 0 Å². The Labute approximate surface area is 199 Å². The van der Waals surface area contributed by atoms with Crippen LogP contribution in [0.4, 0.5) is 0 Å². The maximum atomic E-state index is 13.0. The fraction of sp³-hybridized carbons (Fsp3) is 0.762. The molecule has 0 aliphatic heterocycles. The lowest BCUT2D eigenvalue weighted by Crippen LogP contribution is -2.58. The molecule has 0 radical (unpaired) electrons. The highest BCUT2D eigenvalue weighted by Gasteiger charge is 2.32. The fourth-order valence-corrected chi connectivity index (χ4v) is 3.11. The Balaban J connectivity index is 5.37. The van der Waals surface area contributed by atoms with E-state index >= 15 is 0 Å². The monoisotopic (exact) mass is 488 g/mol. The zero-order valence-electron chi connectivity index (χ0n) is 19.9. The number of hydrogen-bond donors (Lipinski definition) is 8. The largest absolute Gasteiger partial charge is 0.481 e. The molecule has 13 heteroatoms. The minimum atomic E-state index is -1.66. The van der Waals surface area contributed by atoms with Crippen LogP contribution in [0.1, 0.15) is 58.8 Å². The Morgan fingerprint density at radius 1 is 0.735 bits per heavy atom. The molecule has 0 aliphatic carbocycles. The van der Waals surface area contributed by atoms with E-state index in [1.807, 2.05) is 0 Å². The molecule has 0 rings (SSSR count). The van der Waals surface area contributed by atoms with Crippen molar-refractivity contribution >= 4 is 29.7 Å². The first-order valence-corrected chi connectivity index (χ1v) is 11.5. The topological polar surface area (TPSA) is 240 Å². The lowest BCUT2D eigenvalue weighted by Gasteiger charge is -2.27. The molecule has 13 nitrogen and oxygen atoms in total. The van der Waals surface area contributed by atoms with Crippen molar-refractivity contribution in [3.8, 4) is 0 Å². The van der Waals surface area contributed by atoms with Crippen LogP contribution in [0.3, 0.4) is 0 Å². The second kappa shape index (κ2) is 16.8. The van der Waals surface area contributed by atoms with Gasteiger partial charge in [-0.1, -0.05) is 20.3 Å². The standard InChI is InChI=1S/C21H40N6O7/c1-12(2)17(20(32)26-15(21(33)34)11-16(28)29)27-19(31)14(8-4-6-10-23)25-18(30)13(24)7-3-5-9-22/h12-15,17H,3-11,22-24H2,1-2H3,(H,25,30)(H,26,32)(H,27,31)(H,28,29)(H,33,34). The van der Waals surface area contributed by atoms with Crippen molar-refractivity contribution in [1.82, 2.24) is 16.0 Å². The molecule has 0 fully saturated rings. The Bertz CT molecular complexity index is 689.